The molecule has 10 atom stereocenters. The molecular formula is C42H62O12. The van der Waals surface area contributed by atoms with Crippen LogP contribution in [0.25, 0.3) is 0 Å². The maximum absolute atomic E-state index is 14.3. The minimum Gasteiger partial charge on any atom is -0.458 e. The summed E-state index contributed by atoms with van der Waals surface area (Å²) < 4.78 is 35.4. The van der Waals surface area contributed by atoms with Crippen molar-refractivity contribution in [3.05, 3.63) is 60.2 Å². The highest BCUT2D eigenvalue weighted by molar-refractivity contribution is 5.88. The van der Waals surface area contributed by atoms with E-state index in [1.165, 1.54) is 13.0 Å². The molecule has 2 bridgehead atoms. The molecular weight excluding hydrogens is 696 g/mol. The van der Waals surface area contributed by atoms with Gasteiger partial charge in [-0.3, -0.25) is 4.79 Å². The highest BCUT2D eigenvalue weighted by Crippen LogP contribution is 2.52. The summed E-state index contributed by atoms with van der Waals surface area (Å²) in [6, 6.07) is 9.65. The smallest absolute Gasteiger partial charge is 0.346 e. The van der Waals surface area contributed by atoms with Crippen molar-refractivity contribution in [1.82, 2.24) is 0 Å². The third kappa shape index (κ3) is 11.2. The Morgan fingerprint density at radius 1 is 0.963 bits per heavy atom. The molecule has 0 aliphatic carbocycles. The molecule has 2 aliphatic rings. The lowest BCUT2D eigenvalue weighted by Crippen LogP contribution is -2.68. The first-order valence-electron chi connectivity index (χ1n) is 18.9. The van der Waals surface area contributed by atoms with E-state index in [1.54, 1.807) is 47.6 Å². The minimum absolute atomic E-state index is 0.00794. The molecule has 2 heterocycles. The number of esters is 4. The average molecular weight is 759 g/mol. The average Bonchev–Trinajstić information content (AvgIpc) is 3.26. The van der Waals surface area contributed by atoms with Crippen molar-refractivity contribution >= 4 is 23.9 Å². The van der Waals surface area contributed by atoms with E-state index in [-0.39, 0.29) is 24.7 Å². The molecule has 2 N–H and O–H groups in total. The standard InChI is InChI=1S/C42H62O12/c1-13-25(2)23-26(3)19-20-31(44)50-36-35(46)41(22-21-27(4)32(49-29(6)43)28(5)24-30-17-15-14-16-18-30)51-33(37(47)52-39(7,8)9)34(45)42(36,54-41)38(48)53-40(10,11)12/h14-20,25-26,28,32-36,45-46H,4,13,21-24H2,1-3,5-12H3/b20-19+/t25-,26+,28+,32+,33-,34+,35+,36+,41-,42-/m0/s1. The van der Waals surface area contributed by atoms with Gasteiger partial charge in [0.05, 0.1) is 0 Å². The number of fused-ring (bicyclic) bond motifs is 2. The molecule has 0 radical (unpaired) electrons. The fraction of sp³-hybridized carbons (Fsp3) is 0.667. The van der Waals surface area contributed by atoms with E-state index in [0.29, 0.717) is 17.9 Å². The van der Waals surface area contributed by atoms with E-state index in [4.69, 9.17) is 28.4 Å². The normalized spacial score (nSPS) is 27.7. The van der Waals surface area contributed by atoms with Gasteiger partial charge < -0.3 is 38.6 Å². The van der Waals surface area contributed by atoms with Crippen LogP contribution in [-0.2, 0) is 54.0 Å². The van der Waals surface area contributed by atoms with Crippen LogP contribution in [0.5, 0.6) is 0 Å². The number of carbonyl (C=O) groups is 4. The second kappa shape index (κ2) is 17.9. The summed E-state index contributed by atoms with van der Waals surface area (Å²) in [7, 11) is 0. The fourth-order valence-corrected chi connectivity index (χ4v) is 6.92. The third-order valence-electron chi connectivity index (χ3n) is 9.59. The largest absolute Gasteiger partial charge is 0.458 e. The van der Waals surface area contributed by atoms with E-state index in [0.717, 1.165) is 18.4 Å². The van der Waals surface area contributed by atoms with Crippen LogP contribution in [0.1, 0.15) is 107 Å². The number of benzene rings is 1. The Bertz CT molecular complexity index is 1510. The Morgan fingerprint density at radius 3 is 2.13 bits per heavy atom. The van der Waals surface area contributed by atoms with Gasteiger partial charge in [0.1, 0.15) is 29.5 Å². The predicted octanol–water partition coefficient (Wildman–Crippen LogP) is 5.94. The number of carbonyl (C=O) groups excluding carboxylic acids is 4. The van der Waals surface area contributed by atoms with Crippen molar-refractivity contribution in [2.75, 3.05) is 0 Å². The first-order chi connectivity index (χ1) is 24.9. The second-order valence-corrected chi connectivity index (χ2v) is 17.0. The third-order valence-corrected chi connectivity index (χ3v) is 9.59. The molecule has 0 aromatic heterocycles. The van der Waals surface area contributed by atoms with Gasteiger partial charge in [0.25, 0.3) is 0 Å². The number of ether oxygens (including phenoxy) is 6. The van der Waals surface area contributed by atoms with Crippen LogP contribution in [-0.4, -0.2) is 87.2 Å². The lowest BCUT2D eigenvalue weighted by atomic mass is 9.85. The number of aliphatic hydroxyl groups is 2. The van der Waals surface area contributed by atoms with E-state index in [9.17, 15) is 29.4 Å². The van der Waals surface area contributed by atoms with E-state index in [1.807, 2.05) is 44.2 Å². The molecule has 1 aromatic carbocycles. The molecule has 12 heteroatoms. The predicted molar refractivity (Wildman–Crippen MR) is 201 cm³/mol. The Balaban J connectivity index is 2.08. The van der Waals surface area contributed by atoms with Crippen LogP contribution in [0, 0.1) is 17.8 Å². The lowest BCUT2D eigenvalue weighted by Gasteiger charge is -2.46. The molecule has 12 nitrogen and oxygen atoms in total. The van der Waals surface area contributed by atoms with Crippen LogP contribution >= 0.6 is 0 Å². The molecule has 0 unspecified atom stereocenters. The summed E-state index contributed by atoms with van der Waals surface area (Å²) in [5, 5.41) is 24.0. The van der Waals surface area contributed by atoms with Crippen LogP contribution in [0.4, 0.5) is 0 Å². The van der Waals surface area contributed by atoms with Crippen molar-refractivity contribution in [3.8, 4) is 0 Å². The van der Waals surface area contributed by atoms with Gasteiger partial charge in [-0.2, -0.15) is 0 Å². The summed E-state index contributed by atoms with van der Waals surface area (Å²) >= 11 is 0. The molecule has 0 saturated carbocycles. The van der Waals surface area contributed by atoms with Crippen molar-refractivity contribution in [2.45, 2.75) is 161 Å². The van der Waals surface area contributed by atoms with Crippen LogP contribution in [0.15, 0.2) is 54.6 Å². The number of hydrogen-bond acceptors (Lipinski definition) is 12. The molecule has 0 amide bonds. The summed E-state index contributed by atoms with van der Waals surface area (Å²) in [4.78, 5) is 53.7. The number of allylic oxidation sites excluding steroid dienone is 1. The fourth-order valence-electron chi connectivity index (χ4n) is 6.92. The Hall–Kier alpha value is -3.58. The maximum atomic E-state index is 14.3. The van der Waals surface area contributed by atoms with E-state index < -0.39 is 77.0 Å². The highest BCUT2D eigenvalue weighted by atomic mass is 16.8. The van der Waals surface area contributed by atoms with Crippen molar-refractivity contribution in [1.29, 1.82) is 0 Å². The Labute approximate surface area is 320 Å². The monoisotopic (exact) mass is 758 g/mol. The van der Waals surface area contributed by atoms with E-state index in [2.05, 4.69) is 20.4 Å². The van der Waals surface area contributed by atoms with Crippen LogP contribution in [0.3, 0.4) is 0 Å². The first kappa shape index (κ1) is 44.8. The lowest BCUT2D eigenvalue weighted by molar-refractivity contribution is -0.356. The van der Waals surface area contributed by atoms with Crippen molar-refractivity contribution in [3.63, 3.8) is 0 Å². The highest BCUT2D eigenvalue weighted by Gasteiger charge is 2.78. The second-order valence-electron chi connectivity index (χ2n) is 17.0. The van der Waals surface area contributed by atoms with Crippen LogP contribution in [0.2, 0.25) is 0 Å². The summed E-state index contributed by atoms with van der Waals surface area (Å²) in [5.41, 5.74) is -3.35. The topological polar surface area (TPSA) is 164 Å². The molecule has 2 aliphatic heterocycles. The van der Waals surface area contributed by atoms with Gasteiger partial charge in [-0.1, -0.05) is 77.1 Å². The van der Waals surface area contributed by atoms with Crippen LogP contribution < -0.4 is 0 Å². The molecule has 54 heavy (non-hydrogen) atoms. The summed E-state index contributed by atoms with van der Waals surface area (Å²) in [6.07, 6.45) is -3.71. The van der Waals surface area contributed by atoms with Gasteiger partial charge in [-0.25, -0.2) is 14.4 Å². The first-order valence-corrected chi connectivity index (χ1v) is 18.9. The zero-order chi connectivity index (χ0) is 40.8. The van der Waals surface area contributed by atoms with Crippen molar-refractivity contribution < 1.29 is 57.8 Å². The number of aliphatic hydroxyl groups excluding tert-OH is 2. The molecule has 2 saturated heterocycles. The quantitative estimate of drug-likeness (QED) is 0.0884. The molecule has 1 aromatic rings. The summed E-state index contributed by atoms with van der Waals surface area (Å²) in [6.45, 7) is 23.2. The van der Waals surface area contributed by atoms with Gasteiger partial charge in [-0.15, -0.1) is 0 Å². The minimum atomic E-state index is -2.63. The molecule has 302 valence electrons. The molecule has 2 fully saturated rings. The molecule has 0 spiro atoms. The zero-order valence-electron chi connectivity index (χ0n) is 33.9. The van der Waals surface area contributed by atoms with Crippen molar-refractivity contribution in [2.24, 2.45) is 17.8 Å². The number of rotatable bonds is 16. The van der Waals surface area contributed by atoms with Gasteiger partial charge in [0.2, 0.25) is 11.4 Å². The van der Waals surface area contributed by atoms with Gasteiger partial charge in [0.15, 0.2) is 12.2 Å². The summed E-state index contributed by atoms with van der Waals surface area (Å²) in [5.74, 6) is -5.71. The van der Waals surface area contributed by atoms with Gasteiger partial charge >= 0.3 is 23.9 Å². The number of hydrogen-bond donors (Lipinski definition) is 2. The van der Waals surface area contributed by atoms with E-state index >= 15 is 0 Å². The molecule has 3 rings (SSSR count). The van der Waals surface area contributed by atoms with Gasteiger partial charge in [0, 0.05) is 25.3 Å². The SMILES string of the molecule is C=C(CC[C@]12O[C@H](C(=O)OC(C)(C)C)[C@@H](O)[C@](C(=O)OC(C)(C)C)(O1)[C@H](OC(=O)/C=C/[C@@H](C)C[C@@H](C)CC)[C@H]2O)[C@@H](OC(C)=O)[C@H](C)Cc1ccccc1. The zero-order valence-corrected chi connectivity index (χ0v) is 33.9. The Morgan fingerprint density at radius 2 is 1.57 bits per heavy atom. The van der Waals surface area contributed by atoms with Gasteiger partial charge in [-0.05, 0) is 83.8 Å². The Kier molecular flexibility index (Phi) is 14.9. The maximum Gasteiger partial charge on any atom is 0.346 e.